The van der Waals surface area contributed by atoms with Gasteiger partial charge in [-0.3, -0.25) is 4.79 Å². The number of carboxylic acid groups (broad SMARTS) is 1. The molecule has 1 fully saturated rings. The van der Waals surface area contributed by atoms with E-state index in [0.717, 1.165) is 17.7 Å². The van der Waals surface area contributed by atoms with Crippen molar-refractivity contribution in [1.29, 1.82) is 0 Å². The maximum atomic E-state index is 14.4. The van der Waals surface area contributed by atoms with E-state index in [1.165, 1.54) is 31.4 Å². The average Bonchev–Trinajstić information content (AvgIpc) is 3.35. The van der Waals surface area contributed by atoms with Crippen LogP contribution in [-0.2, 0) is 22.3 Å². The van der Waals surface area contributed by atoms with Crippen LogP contribution in [0.3, 0.4) is 0 Å². The quantitative estimate of drug-likeness (QED) is 0.302. The maximum Gasteiger partial charge on any atom is 0.416 e. The number of carboxylic acids is 1. The number of aliphatic carboxylic acids is 1. The second kappa shape index (κ2) is 12.9. The summed E-state index contributed by atoms with van der Waals surface area (Å²) in [6.45, 7) is 7.30. The summed E-state index contributed by atoms with van der Waals surface area (Å²) < 4.78 is 51.9. The van der Waals surface area contributed by atoms with E-state index in [9.17, 15) is 27.9 Å². The smallest absolute Gasteiger partial charge is 0.416 e. The molecule has 0 aliphatic carbocycles. The second-order valence-electron chi connectivity index (χ2n) is 12.0. The third-order valence-electron chi connectivity index (χ3n) is 8.29. The van der Waals surface area contributed by atoms with Crippen LogP contribution in [0.4, 0.5) is 13.2 Å². The van der Waals surface area contributed by atoms with Gasteiger partial charge in [0, 0.05) is 35.8 Å². The Bertz CT molecular complexity index is 1480. The molecule has 3 aromatic rings. The van der Waals surface area contributed by atoms with E-state index >= 15 is 0 Å². The molecule has 0 unspecified atom stereocenters. The van der Waals surface area contributed by atoms with Crippen LogP contribution in [0, 0.1) is 11.3 Å². The summed E-state index contributed by atoms with van der Waals surface area (Å²) in [6.07, 6.45) is -3.04. The number of hydrogen-bond acceptors (Lipinski definition) is 6. The third-order valence-corrected chi connectivity index (χ3v) is 8.29. The van der Waals surface area contributed by atoms with Gasteiger partial charge in [-0.15, -0.1) is 0 Å². The van der Waals surface area contributed by atoms with Crippen LogP contribution in [0.25, 0.3) is 0 Å². The monoisotopic (exact) mass is 613 g/mol. The molecule has 1 amide bonds. The van der Waals surface area contributed by atoms with Crippen molar-refractivity contribution in [3.63, 3.8) is 0 Å². The van der Waals surface area contributed by atoms with Gasteiger partial charge in [0.25, 0.3) is 0 Å². The fourth-order valence-corrected chi connectivity index (χ4v) is 6.28. The standard InChI is InChI=1S/C33H38F3N3O5/c1-19(20-11-8-7-9-12-20)30(40)39-27(23-13-10-16-37-29(23)44-6)26(25(32(2,3)4)28(39)31(41)42)38-18-21-17-22(33(34,35)36)14-15-24(21)43-5/h7-17,19,25-28,38H,18H2,1-6H3,(H,41,42)/t19-,25+,26+,27+,28+/m1/s1. The molecule has 11 heteroatoms. The third kappa shape index (κ3) is 6.52. The lowest BCUT2D eigenvalue weighted by Gasteiger charge is -2.35. The Hall–Kier alpha value is -4.12. The highest BCUT2D eigenvalue weighted by Gasteiger charge is 2.59. The highest BCUT2D eigenvalue weighted by atomic mass is 19.4. The van der Waals surface area contributed by atoms with Crippen molar-refractivity contribution in [3.05, 3.63) is 89.1 Å². The fourth-order valence-electron chi connectivity index (χ4n) is 6.28. The lowest BCUT2D eigenvalue weighted by molar-refractivity contribution is -0.152. The first kappa shape index (κ1) is 32.8. The summed E-state index contributed by atoms with van der Waals surface area (Å²) in [6, 6.07) is 12.8. The number of aromatic nitrogens is 1. The summed E-state index contributed by atoms with van der Waals surface area (Å²) in [5.41, 5.74) is -0.0688. The molecule has 2 heterocycles. The van der Waals surface area contributed by atoms with Crippen molar-refractivity contribution < 1.29 is 37.3 Å². The lowest BCUT2D eigenvalue weighted by atomic mass is 9.72. The first-order valence-electron chi connectivity index (χ1n) is 14.3. The second-order valence-corrected chi connectivity index (χ2v) is 12.0. The van der Waals surface area contributed by atoms with Crippen molar-refractivity contribution in [3.8, 4) is 11.6 Å². The first-order valence-corrected chi connectivity index (χ1v) is 14.3. The van der Waals surface area contributed by atoms with E-state index in [2.05, 4.69) is 10.3 Å². The molecular weight excluding hydrogens is 575 g/mol. The molecule has 2 N–H and O–H groups in total. The molecule has 0 saturated carbocycles. The van der Waals surface area contributed by atoms with Gasteiger partial charge in [0.2, 0.25) is 11.8 Å². The minimum absolute atomic E-state index is 0.0912. The highest BCUT2D eigenvalue weighted by Crippen LogP contribution is 2.50. The van der Waals surface area contributed by atoms with Gasteiger partial charge < -0.3 is 24.8 Å². The number of likely N-dealkylation sites (tertiary alicyclic amines) is 1. The first-order chi connectivity index (χ1) is 20.7. The van der Waals surface area contributed by atoms with Crippen LogP contribution in [0.15, 0.2) is 66.9 Å². The van der Waals surface area contributed by atoms with Crippen LogP contribution in [0.5, 0.6) is 11.6 Å². The Morgan fingerprint density at radius 3 is 2.27 bits per heavy atom. The van der Waals surface area contributed by atoms with E-state index in [1.807, 2.05) is 51.1 Å². The molecule has 2 aromatic carbocycles. The number of nitrogens with one attached hydrogen (secondary N) is 1. The average molecular weight is 614 g/mol. The number of hydrogen-bond donors (Lipinski definition) is 2. The predicted molar refractivity (Wildman–Crippen MR) is 158 cm³/mol. The van der Waals surface area contributed by atoms with Crippen LogP contribution in [-0.4, -0.2) is 53.2 Å². The Labute approximate surface area is 255 Å². The van der Waals surface area contributed by atoms with E-state index < -0.39 is 59.0 Å². The number of halogens is 3. The molecule has 1 aromatic heterocycles. The minimum atomic E-state index is -4.57. The minimum Gasteiger partial charge on any atom is -0.496 e. The number of carbonyl (C=O) groups is 2. The Kier molecular flexibility index (Phi) is 9.58. The van der Waals surface area contributed by atoms with Gasteiger partial charge >= 0.3 is 12.1 Å². The topological polar surface area (TPSA) is 101 Å². The van der Waals surface area contributed by atoms with Crippen LogP contribution in [0.1, 0.15) is 61.9 Å². The molecule has 1 saturated heterocycles. The van der Waals surface area contributed by atoms with Crippen LogP contribution in [0.2, 0.25) is 0 Å². The molecule has 236 valence electrons. The van der Waals surface area contributed by atoms with Crippen molar-refractivity contribution in [2.24, 2.45) is 11.3 Å². The van der Waals surface area contributed by atoms with Gasteiger partial charge in [0.05, 0.1) is 31.7 Å². The van der Waals surface area contributed by atoms with E-state index in [0.29, 0.717) is 5.56 Å². The Morgan fingerprint density at radius 2 is 1.70 bits per heavy atom. The van der Waals surface area contributed by atoms with Gasteiger partial charge in [0.15, 0.2) is 0 Å². The van der Waals surface area contributed by atoms with E-state index in [1.54, 1.807) is 19.1 Å². The van der Waals surface area contributed by atoms with Gasteiger partial charge in [-0.25, -0.2) is 9.78 Å². The number of nitrogens with zero attached hydrogens (tertiary/aromatic N) is 2. The molecule has 1 aliphatic rings. The Balaban J connectivity index is 1.90. The van der Waals surface area contributed by atoms with Gasteiger partial charge in [-0.1, -0.05) is 51.1 Å². The molecule has 5 atom stereocenters. The number of pyridine rings is 1. The van der Waals surface area contributed by atoms with Gasteiger partial charge in [-0.05, 0) is 48.2 Å². The van der Waals surface area contributed by atoms with Crippen molar-refractivity contribution >= 4 is 11.9 Å². The van der Waals surface area contributed by atoms with Crippen molar-refractivity contribution in [1.82, 2.24) is 15.2 Å². The number of benzene rings is 2. The number of amides is 1. The van der Waals surface area contributed by atoms with E-state index in [-0.39, 0.29) is 23.7 Å². The molecule has 8 nitrogen and oxygen atoms in total. The van der Waals surface area contributed by atoms with E-state index in [4.69, 9.17) is 9.47 Å². The molecule has 0 radical (unpaired) electrons. The zero-order valence-electron chi connectivity index (χ0n) is 25.6. The number of carbonyl (C=O) groups excluding carboxylic acids is 1. The molecule has 44 heavy (non-hydrogen) atoms. The number of rotatable bonds is 9. The van der Waals surface area contributed by atoms with Gasteiger partial charge in [0.1, 0.15) is 11.8 Å². The van der Waals surface area contributed by atoms with Crippen molar-refractivity contribution in [2.45, 2.75) is 64.5 Å². The zero-order chi connectivity index (χ0) is 32.4. The number of methoxy groups -OCH3 is 2. The van der Waals surface area contributed by atoms with Crippen molar-refractivity contribution in [2.75, 3.05) is 14.2 Å². The summed E-state index contributed by atoms with van der Waals surface area (Å²) in [5.74, 6) is -2.51. The number of alkyl halides is 3. The Morgan fingerprint density at radius 1 is 1.02 bits per heavy atom. The zero-order valence-corrected chi connectivity index (χ0v) is 25.6. The molecule has 0 bridgehead atoms. The molecular formula is C33H38F3N3O5. The van der Waals surface area contributed by atoms with Gasteiger partial charge in [-0.2, -0.15) is 13.2 Å². The fraction of sp³-hybridized carbons (Fsp3) is 0.424. The molecule has 4 rings (SSSR count). The van der Waals surface area contributed by atoms with Crippen LogP contribution >= 0.6 is 0 Å². The largest absolute Gasteiger partial charge is 0.496 e. The highest BCUT2D eigenvalue weighted by molar-refractivity contribution is 5.89. The maximum absolute atomic E-state index is 14.4. The number of ether oxygens (including phenoxy) is 2. The van der Waals surface area contributed by atoms with Crippen LogP contribution < -0.4 is 14.8 Å². The molecule has 1 aliphatic heterocycles. The summed E-state index contributed by atoms with van der Waals surface area (Å²) in [4.78, 5) is 33.3. The summed E-state index contributed by atoms with van der Waals surface area (Å²) >= 11 is 0. The summed E-state index contributed by atoms with van der Waals surface area (Å²) in [5, 5.41) is 14.1. The SMILES string of the molecule is COc1ccc(C(F)(F)F)cc1CN[C@H]1[C@H](C(C)(C)C)[C@@H](C(=O)O)N(C(=O)[C@H](C)c2ccccc2)[C@H]1c1cccnc1OC. The lowest BCUT2D eigenvalue weighted by Crippen LogP contribution is -2.48. The summed E-state index contributed by atoms with van der Waals surface area (Å²) in [7, 11) is 2.81. The molecule has 0 spiro atoms. The predicted octanol–water partition coefficient (Wildman–Crippen LogP) is 6.08. The normalized spacial score (nSPS) is 21.2.